The average molecular weight is 450 g/mol. The minimum absolute atomic E-state index is 0.206. The second kappa shape index (κ2) is 10.2. The molecule has 0 aromatic heterocycles. The van der Waals surface area contributed by atoms with Gasteiger partial charge in [-0.05, 0) is 69.4 Å². The molecule has 1 aliphatic rings. The molecule has 30 heavy (non-hydrogen) atoms. The summed E-state index contributed by atoms with van der Waals surface area (Å²) >= 11 is 12.0. The molecule has 8 heteroatoms. The summed E-state index contributed by atoms with van der Waals surface area (Å²) in [5, 5.41) is 3.60. The molecule has 1 N–H and O–H groups in total. The number of nitrogens with one attached hydrogen (secondary N) is 1. The SMILES string of the molecule is CN(C)CCOc1ccc(NC(=O)C2CCCN2C(=O)c2ccc(Cl)c(Cl)c2)cc1. The number of hydrogen-bond acceptors (Lipinski definition) is 4. The number of likely N-dealkylation sites (N-methyl/N-ethyl adjacent to an activating group) is 1. The molecule has 6 nitrogen and oxygen atoms in total. The summed E-state index contributed by atoms with van der Waals surface area (Å²) in [5.74, 6) is 0.310. The van der Waals surface area contributed by atoms with Gasteiger partial charge < -0.3 is 19.9 Å². The normalized spacial score (nSPS) is 16.0. The van der Waals surface area contributed by atoms with E-state index in [2.05, 4.69) is 5.32 Å². The molecule has 2 amide bonds. The third-order valence-electron chi connectivity index (χ3n) is 4.91. The number of likely N-dealkylation sites (tertiary alicyclic amines) is 1. The number of nitrogens with zero attached hydrogens (tertiary/aromatic N) is 2. The quantitative estimate of drug-likeness (QED) is 0.688. The minimum Gasteiger partial charge on any atom is -0.492 e. The molecule has 1 atom stereocenters. The zero-order chi connectivity index (χ0) is 21.7. The minimum atomic E-state index is -0.525. The zero-order valence-corrected chi connectivity index (χ0v) is 18.5. The molecule has 1 aliphatic heterocycles. The van der Waals surface area contributed by atoms with Gasteiger partial charge in [-0.2, -0.15) is 0 Å². The van der Waals surface area contributed by atoms with Crippen molar-refractivity contribution in [2.75, 3.05) is 39.1 Å². The van der Waals surface area contributed by atoms with Gasteiger partial charge in [0.1, 0.15) is 18.4 Å². The summed E-state index contributed by atoms with van der Waals surface area (Å²) < 4.78 is 5.66. The Hall–Kier alpha value is -2.28. The molecule has 1 heterocycles. The molecule has 0 aliphatic carbocycles. The number of hydrogen-bond donors (Lipinski definition) is 1. The van der Waals surface area contributed by atoms with Gasteiger partial charge in [-0.15, -0.1) is 0 Å². The van der Waals surface area contributed by atoms with Gasteiger partial charge in [0.05, 0.1) is 10.0 Å². The van der Waals surface area contributed by atoms with E-state index >= 15 is 0 Å². The Morgan fingerprint density at radius 3 is 2.53 bits per heavy atom. The predicted octanol–water partition coefficient (Wildman–Crippen LogP) is 4.18. The number of benzene rings is 2. The van der Waals surface area contributed by atoms with Crippen LogP contribution in [-0.4, -0.2) is 61.4 Å². The van der Waals surface area contributed by atoms with Crippen molar-refractivity contribution in [2.45, 2.75) is 18.9 Å². The summed E-state index contributed by atoms with van der Waals surface area (Å²) in [6, 6.07) is 11.4. The third-order valence-corrected chi connectivity index (χ3v) is 5.65. The highest BCUT2D eigenvalue weighted by Crippen LogP contribution is 2.26. The lowest BCUT2D eigenvalue weighted by Crippen LogP contribution is -2.43. The first kappa shape index (κ1) is 22.4. The van der Waals surface area contributed by atoms with Crippen molar-refractivity contribution < 1.29 is 14.3 Å². The van der Waals surface area contributed by atoms with Crippen LogP contribution < -0.4 is 10.1 Å². The summed E-state index contributed by atoms with van der Waals surface area (Å²) in [6.07, 6.45) is 1.38. The van der Waals surface area contributed by atoms with Crippen LogP contribution in [0.4, 0.5) is 5.69 Å². The number of anilines is 1. The topological polar surface area (TPSA) is 61.9 Å². The molecule has 160 valence electrons. The van der Waals surface area contributed by atoms with E-state index < -0.39 is 6.04 Å². The fourth-order valence-electron chi connectivity index (χ4n) is 3.28. The van der Waals surface area contributed by atoms with E-state index in [0.717, 1.165) is 18.7 Å². The highest BCUT2D eigenvalue weighted by atomic mass is 35.5. The predicted molar refractivity (Wildman–Crippen MR) is 120 cm³/mol. The van der Waals surface area contributed by atoms with Gasteiger partial charge in [0.2, 0.25) is 5.91 Å². The molecule has 0 spiro atoms. The molecular formula is C22H25Cl2N3O3. The van der Waals surface area contributed by atoms with Crippen molar-refractivity contribution in [2.24, 2.45) is 0 Å². The Bertz CT molecular complexity index is 903. The van der Waals surface area contributed by atoms with Crippen LogP contribution in [0.15, 0.2) is 42.5 Å². The maximum absolute atomic E-state index is 12.9. The van der Waals surface area contributed by atoms with Crippen LogP contribution in [-0.2, 0) is 4.79 Å². The second-order valence-electron chi connectivity index (χ2n) is 7.45. The first-order valence-electron chi connectivity index (χ1n) is 9.79. The number of halogens is 2. The van der Waals surface area contributed by atoms with Crippen molar-refractivity contribution in [1.29, 1.82) is 0 Å². The average Bonchev–Trinajstić information content (AvgIpc) is 3.20. The summed E-state index contributed by atoms with van der Waals surface area (Å²) in [7, 11) is 3.97. The smallest absolute Gasteiger partial charge is 0.254 e. The molecule has 0 bridgehead atoms. The molecule has 2 aromatic rings. The molecule has 0 saturated carbocycles. The van der Waals surface area contributed by atoms with Crippen LogP contribution in [0.25, 0.3) is 0 Å². The fourth-order valence-corrected chi connectivity index (χ4v) is 3.58. The number of ether oxygens (including phenoxy) is 1. The van der Waals surface area contributed by atoms with Gasteiger partial charge in [-0.25, -0.2) is 0 Å². The van der Waals surface area contributed by atoms with Gasteiger partial charge in [0.15, 0.2) is 0 Å². The summed E-state index contributed by atoms with van der Waals surface area (Å²) in [6.45, 7) is 1.94. The monoisotopic (exact) mass is 449 g/mol. The Labute approximate surface area is 186 Å². The van der Waals surface area contributed by atoms with Crippen LogP contribution in [0.1, 0.15) is 23.2 Å². The molecule has 3 rings (SSSR count). The summed E-state index contributed by atoms with van der Waals surface area (Å²) in [4.78, 5) is 29.4. The molecule has 1 unspecified atom stereocenters. The van der Waals surface area contributed by atoms with Crippen molar-refractivity contribution >= 4 is 40.7 Å². The highest BCUT2D eigenvalue weighted by Gasteiger charge is 2.34. The van der Waals surface area contributed by atoms with Gasteiger partial charge in [0, 0.05) is 24.3 Å². The summed E-state index contributed by atoms with van der Waals surface area (Å²) in [5.41, 5.74) is 1.08. The lowest BCUT2D eigenvalue weighted by Gasteiger charge is -2.24. The van der Waals surface area contributed by atoms with E-state index in [9.17, 15) is 9.59 Å². The van der Waals surface area contributed by atoms with Crippen molar-refractivity contribution in [3.05, 3.63) is 58.1 Å². The number of carbonyl (C=O) groups is 2. The fraction of sp³-hybridized carbons (Fsp3) is 0.364. The van der Waals surface area contributed by atoms with E-state index in [1.54, 1.807) is 29.2 Å². The molecule has 2 aromatic carbocycles. The van der Waals surface area contributed by atoms with E-state index in [1.165, 1.54) is 6.07 Å². The van der Waals surface area contributed by atoms with Crippen LogP contribution >= 0.6 is 23.2 Å². The number of carbonyl (C=O) groups excluding carboxylic acids is 2. The van der Waals surface area contributed by atoms with Gasteiger partial charge in [-0.1, -0.05) is 23.2 Å². The number of amides is 2. The maximum Gasteiger partial charge on any atom is 0.254 e. The van der Waals surface area contributed by atoms with Gasteiger partial charge >= 0.3 is 0 Å². The van der Waals surface area contributed by atoms with Crippen LogP contribution in [0.5, 0.6) is 5.75 Å². The Kier molecular flexibility index (Phi) is 7.58. The Balaban J connectivity index is 1.61. The third kappa shape index (κ3) is 5.65. The first-order valence-corrected chi connectivity index (χ1v) is 10.5. The maximum atomic E-state index is 12.9. The van der Waals surface area contributed by atoms with E-state index in [4.69, 9.17) is 27.9 Å². The van der Waals surface area contributed by atoms with E-state index in [-0.39, 0.29) is 11.8 Å². The van der Waals surface area contributed by atoms with Crippen LogP contribution in [0.2, 0.25) is 10.0 Å². The van der Waals surface area contributed by atoms with Crippen molar-refractivity contribution in [3.63, 3.8) is 0 Å². The largest absolute Gasteiger partial charge is 0.492 e. The van der Waals surface area contributed by atoms with Gasteiger partial charge in [-0.3, -0.25) is 9.59 Å². The van der Waals surface area contributed by atoms with Crippen molar-refractivity contribution in [1.82, 2.24) is 9.80 Å². The molecule has 1 fully saturated rings. The molecule has 0 radical (unpaired) electrons. The van der Waals surface area contributed by atoms with Crippen LogP contribution in [0, 0.1) is 0 Å². The van der Waals surface area contributed by atoms with Gasteiger partial charge in [0.25, 0.3) is 5.91 Å². The lowest BCUT2D eigenvalue weighted by atomic mass is 10.1. The van der Waals surface area contributed by atoms with E-state index in [1.807, 2.05) is 31.1 Å². The second-order valence-corrected chi connectivity index (χ2v) is 8.27. The number of rotatable bonds is 7. The van der Waals surface area contributed by atoms with E-state index in [0.29, 0.717) is 40.9 Å². The highest BCUT2D eigenvalue weighted by molar-refractivity contribution is 6.42. The standard InChI is InChI=1S/C22H25Cl2N3O3/c1-26(2)12-13-30-17-8-6-16(7-9-17)25-21(28)20-4-3-11-27(20)22(29)15-5-10-18(23)19(24)14-15/h5-10,14,20H,3-4,11-13H2,1-2H3,(H,25,28). The molecular weight excluding hydrogens is 425 g/mol. The van der Waals surface area contributed by atoms with Crippen molar-refractivity contribution in [3.8, 4) is 5.75 Å². The Morgan fingerprint density at radius 2 is 1.87 bits per heavy atom. The zero-order valence-electron chi connectivity index (χ0n) is 17.0. The Morgan fingerprint density at radius 1 is 1.13 bits per heavy atom. The lowest BCUT2D eigenvalue weighted by molar-refractivity contribution is -0.119. The molecule has 1 saturated heterocycles. The first-order chi connectivity index (χ1) is 14.3. The van der Waals surface area contributed by atoms with Crippen LogP contribution in [0.3, 0.4) is 0 Å².